The van der Waals surface area contributed by atoms with Crippen molar-refractivity contribution >= 4 is 54.3 Å². The molecule has 0 spiro atoms. The number of pyridine rings is 1. The minimum Gasteiger partial charge on any atom is -0.276 e. The number of imidazole rings is 1. The summed E-state index contributed by atoms with van der Waals surface area (Å²) in [6.07, 6.45) is 0. The second-order valence-electron chi connectivity index (χ2n) is 12.6. The number of rotatable bonds is 4. The zero-order valence-corrected chi connectivity index (χ0v) is 26.6. The van der Waals surface area contributed by atoms with Crippen molar-refractivity contribution in [3.8, 4) is 39.5 Å². The van der Waals surface area contributed by atoms with E-state index in [1.165, 1.54) is 54.6 Å². The molecular weight excluding hydrogens is 595 g/mol. The van der Waals surface area contributed by atoms with Gasteiger partial charge in [0.15, 0.2) is 0 Å². The minimum absolute atomic E-state index is 0.854. The predicted molar refractivity (Wildman–Crippen MR) is 205 cm³/mol. The molecule has 0 amide bonds. The van der Waals surface area contributed by atoms with Gasteiger partial charge in [-0.05, 0) is 91.0 Å². The van der Waals surface area contributed by atoms with Crippen LogP contribution in [-0.4, -0.2) is 14.5 Å². The Hall–Kier alpha value is -6.58. The van der Waals surface area contributed by atoms with Gasteiger partial charge in [-0.2, -0.15) is 0 Å². The molecule has 228 valence electrons. The normalized spacial score (nSPS) is 11.7. The van der Waals surface area contributed by atoms with Gasteiger partial charge < -0.3 is 0 Å². The molecule has 0 unspecified atom stereocenters. The van der Waals surface area contributed by atoms with Crippen molar-refractivity contribution in [1.29, 1.82) is 0 Å². The Bertz CT molecular complexity index is 2820. The molecule has 2 heterocycles. The Morgan fingerprint density at radius 1 is 0.347 bits per heavy atom. The predicted octanol–water partition coefficient (Wildman–Crippen LogP) is 12.0. The Morgan fingerprint density at radius 3 is 1.57 bits per heavy atom. The summed E-state index contributed by atoms with van der Waals surface area (Å²) in [5.41, 5.74) is 8.90. The molecular formula is C46H29N3. The maximum Gasteiger partial charge on any atom is 0.146 e. The molecule has 2 aromatic heterocycles. The van der Waals surface area contributed by atoms with Gasteiger partial charge in [-0.3, -0.25) is 4.57 Å². The molecule has 0 saturated heterocycles. The fraction of sp³-hybridized carbons (Fsp3) is 0. The topological polar surface area (TPSA) is 30.7 Å². The number of aromatic nitrogens is 3. The lowest BCUT2D eigenvalue weighted by Crippen LogP contribution is -2.00. The molecule has 0 bridgehead atoms. The molecule has 0 saturated carbocycles. The number of para-hydroxylation sites is 3. The SMILES string of the molecule is c1ccc2cc(-c3c4ccccc4c(-c4ccc(-c5nc6ccccc6n5-c5ccc6ccccc6n5)cc4)c4ccccc34)ccc2c1. The summed E-state index contributed by atoms with van der Waals surface area (Å²) in [5.74, 6) is 1.73. The summed E-state index contributed by atoms with van der Waals surface area (Å²) in [4.78, 5) is 10.2. The highest BCUT2D eigenvalue weighted by atomic mass is 15.1. The van der Waals surface area contributed by atoms with Crippen LogP contribution in [0.25, 0.3) is 93.7 Å². The first kappa shape index (κ1) is 27.5. The maximum absolute atomic E-state index is 5.13. The average Bonchev–Trinajstić information content (AvgIpc) is 3.56. The lowest BCUT2D eigenvalue weighted by Gasteiger charge is -2.18. The molecule has 0 aliphatic carbocycles. The summed E-state index contributed by atoms with van der Waals surface area (Å²) < 4.78 is 2.18. The minimum atomic E-state index is 0.854. The number of hydrogen-bond acceptors (Lipinski definition) is 2. The largest absolute Gasteiger partial charge is 0.276 e. The van der Waals surface area contributed by atoms with Gasteiger partial charge in [-0.1, -0.05) is 140 Å². The number of fused-ring (bicyclic) bond motifs is 5. The van der Waals surface area contributed by atoms with E-state index in [-0.39, 0.29) is 0 Å². The molecule has 10 aromatic rings. The van der Waals surface area contributed by atoms with Crippen LogP contribution in [-0.2, 0) is 0 Å². The highest BCUT2D eigenvalue weighted by Crippen LogP contribution is 2.44. The van der Waals surface area contributed by atoms with E-state index in [0.717, 1.165) is 39.1 Å². The van der Waals surface area contributed by atoms with Gasteiger partial charge in [0.2, 0.25) is 0 Å². The van der Waals surface area contributed by atoms with E-state index < -0.39 is 0 Å². The van der Waals surface area contributed by atoms with Crippen molar-refractivity contribution in [1.82, 2.24) is 14.5 Å². The van der Waals surface area contributed by atoms with Gasteiger partial charge in [0, 0.05) is 10.9 Å². The van der Waals surface area contributed by atoms with Crippen LogP contribution in [0.4, 0.5) is 0 Å². The van der Waals surface area contributed by atoms with Crippen LogP contribution in [0.15, 0.2) is 176 Å². The van der Waals surface area contributed by atoms with Crippen molar-refractivity contribution in [2.45, 2.75) is 0 Å². The molecule has 3 heteroatoms. The highest BCUT2D eigenvalue weighted by Gasteiger charge is 2.19. The third-order valence-electron chi connectivity index (χ3n) is 9.78. The van der Waals surface area contributed by atoms with Crippen LogP contribution in [0.5, 0.6) is 0 Å². The molecule has 0 atom stereocenters. The van der Waals surface area contributed by atoms with Crippen LogP contribution in [0.3, 0.4) is 0 Å². The molecule has 49 heavy (non-hydrogen) atoms. The summed E-state index contributed by atoms with van der Waals surface area (Å²) >= 11 is 0. The van der Waals surface area contributed by atoms with Gasteiger partial charge in [-0.25, -0.2) is 9.97 Å². The molecule has 0 N–H and O–H groups in total. The van der Waals surface area contributed by atoms with Gasteiger partial charge in [0.25, 0.3) is 0 Å². The molecule has 8 aromatic carbocycles. The van der Waals surface area contributed by atoms with Crippen LogP contribution in [0.1, 0.15) is 0 Å². The molecule has 0 fully saturated rings. The first-order valence-corrected chi connectivity index (χ1v) is 16.7. The van der Waals surface area contributed by atoms with Crippen LogP contribution in [0, 0.1) is 0 Å². The maximum atomic E-state index is 5.13. The Kier molecular flexibility index (Phi) is 6.18. The third kappa shape index (κ3) is 4.44. The molecule has 0 aliphatic rings. The molecule has 0 radical (unpaired) electrons. The van der Waals surface area contributed by atoms with Crippen LogP contribution in [0.2, 0.25) is 0 Å². The van der Waals surface area contributed by atoms with Crippen molar-refractivity contribution in [3.05, 3.63) is 176 Å². The summed E-state index contributed by atoms with van der Waals surface area (Å²) in [7, 11) is 0. The fourth-order valence-electron chi connectivity index (χ4n) is 7.51. The Labute approximate surface area is 283 Å². The molecule has 10 rings (SSSR count). The summed E-state index contributed by atoms with van der Waals surface area (Å²) in [6, 6.07) is 62.7. The number of nitrogens with zero attached hydrogens (tertiary/aromatic N) is 3. The van der Waals surface area contributed by atoms with Gasteiger partial charge >= 0.3 is 0 Å². The Morgan fingerprint density at radius 2 is 0.857 bits per heavy atom. The van der Waals surface area contributed by atoms with E-state index in [2.05, 4.69) is 162 Å². The van der Waals surface area contributed by atoms with E-state index in [1.807, 2.05) is 18.2 Å². The van der Waals surface area contributed by atoms with E-state index in [9.17, 15) is 0 Å². The van der Waals surface area contributed by atoms with Crippen molar-refractivity contribution in [2.75, 3.05) is 0 Å². The second-order valence-corrected chi connectivity index (χ2v) is 12.6. The number of hydrogen-bond donors (Lipinski definition) is 0. The zero-order chi connectivity index (χ0) is 32.3. The first-order chi connectivity index (χ1) is 24.3. The van der Waals surface area contributed by atoms with E-state index >= 15 is 0 Å². The third-order valence-corrected chi connectivity index (χ3v) is 9.78. The van der Waals surface area contributed by atoms with Crippen molar-refractivity contribution in [3.63, 3.8) is 0 Å². The summed E-state index contributed by atoms with van der Waals surface area (Å²) in [6.45, 7) is 0. The van der Waals surface area contributed by atoms with Crippen LogP contribution >= 0.6 is 0 Å². The smallest absolute Gasteiger partial charge is 0.146 e. The van der Waals surface area contributed by atoms with Gasteiger partial charge in [0.1, 0.15) is 11.6 Å². The lowest BCUT2D eigenvalue weighted by molar-refractivity contribution is 1.05. The first-order valence-electron chi connectivity index (χ1n) is 16.7. The quantitative estimate of drug-likeness (QED) is 0.183. The second kappa shape index (κ2) is 11.0. The zero-order valence-electron chi connectivity index (χ0n) is 26.6. The number of benzene rings is 8. The van der Waals surface area contributed by atoms with Gasteiger partial charge in [-0.15, -0.1) is 0 Å². The van der Waals surface area contributed by atoms with Crippen LogP contribution < -0.4 is 0 Å². The molecule has 3 nitrogen and oxygen atoms in total. The van der Waals surface area contributed by atoms with Crippen molar-refractivity contribution in [2.24, 2.45) is 0 Å². The highest BCUT2D eigenvalue weighted by molar-refractivity contribution is 6.21. The standard InChI is InChI=1S/C46H29N3/c1-2-13-34-29-35(26-21-30(34)11-1)45-38-16-6-4-14-36(38)44(37-15-5-7-17-39(37)45)32-22-24-33(25-23-32)46-48-41-19-9-10-20-42(41)49(46)43-28-27-31-12-3-8-18-40(31)47-43/h1-29H. The lowest BCUT2D eigenvalue weighted by atomic mass is 9.85. The van der Waals surface area contributed by atoms with Gasteiger partial charge in [0.05, 0.1) is 16.6 Å². The van der Waals surface area contributed by atoms with E-state index in [1.54, 1.807) is 0 Å². The molecule has 0 aliphatic heterocycles. The monoisotopic (exact) mass is 623 g/mol. The summed E-state index contributed by atoms with van der Waals surface area (Å²) in [5, 5.41) is 8.60. The average molecular weight is 624 g/mol. The fourth-order valence-corrected chi connectivity index (χ4v) is 7.51. The van der Waals surface area contributed by atoms with Crippen molar-refractivity contribution < 1.29 is 0 Å². The Balaban J connectivity index is 1.16. The van der Waals surface area contributed by atoms with E-state index in [4.69, 9.17) is 9.97 Å². The van der Waals surface area contributed by atoms with E-state index in [0.29, 0.717) is 0 Å².